The Hall–Kier alpha value is -2.48. The maximum Gasteiger partial charge on any atom is 0.119 e. The predicted octanol–water partition coefficient (Wildman–Crippen LogP) is 4.00. The number of rotatable bonds is 3. The van der Waals surface area contributed by atoms with E-state index in [4.69, 9.17) is 10.5 Å². The molecular weight excluding hydrogens is 234 g/mol. The lowest BCUT2D eigenvalue weighted by atomic mass is 10.1. The third-order valence-electron chi connectivity index (χ3n) is 3.15. The summed E-state index contributed by atoms with van der Waals surface area (Å²) < 4.78 is 5.80. The van der Waals surface area contributed by atoms with Gasteiger partial charge in [0.25, 0.3) is 0 Å². The molecule has 0 aliphatic rings. The van der Waals surface area contributed by atoms with Crippen molar-refractivity contribution < 1.29 is 4.74 Å². The SMILES string of the molecule is Nc1ccc(OCc2cccc3ccccc23)cc1. The van der Waals surface area contributed by atoms with E-state index in [0.29, 0.717) is 6.61 Å². The number of anilines is 1. The molecule has 0 aliphatic heterocycles. The number of hydrogen-bond acceptors (Lipinski definition) is 2. The zero-order chi connectivity index (χ0) is 13.1. The molecule has 94 valence electrons. The molecular formula is C17H15NO. The van der Waals surface area contributed by atoms with Crippen LogP contribution in [0.5, 0.6) is 5.75 Å². The highest BCUT2D eigenvalue weighted by Gasteiger charge is 2.01. The average molecular weight is 249 g/mol. The zero-order valence-electron chi connectivity index (χ0n) is 10.5. The number of hydrogen-bond donors (Lipinski definition) is 1. The normalized spacial score (nSPS) is 10.5. The van der Waals surface area contributed by atoms with Crippen molar-refractivity contribution in [2.24, 2.45) is 0 Å². The highest BCUT2D eigenvalue weighted by molar-refractivity contribution is 5.85. The molecule has 0 spiro atoms. The molecule has 3 aromatic rings. The summed E-state index contributed by atoms with van der Waals surface area (Å²) in [6, 6.07) is 22.1. The minimum absolute atomic E-state index is 0.561. The van der Waals surface area contributed by atoms with Crippen molar-refractivity contribution in [3.63, 3.8) is 0 Å². The van der Waals surface area contributed by atoms with E-state index in [9.17, 15) is 0 Å². The third-order valence-corrected chi connectivity index (χ3v) is 3.15. The Balaban J connectivity index is 1.84. The first kappa shape index (κ1) is 11.6. The maximum atomic E-state index is 5.80. The van der Waals surface area contributed by atoms with Crippen LogP contribution in [0.1, 0.15) is 5.56 Å². The van der Waals surface area contributed by atoms with E-state index in [1.807, 2.05) is 30.3 Å². The second-order valence-corrected chi connectivity index (χ2v) is 4.50. The van der Waals surface area contributed by atoms with Crippen LogP contribution in [0.15, 0.2) is 66.7 Å². The molecule has 3 rings (SSSR count). The second kappa shape index (κ2) is 5.02. The molecule has 2 heteroatoms. The number of nitrogens with two attached hydrogens (primary N) is 1. The van der Waals surface area contributed by atoms with Gasteiger partial charge in [-0.1, -0.05) is 42.5 Å². The van der Waals surface area contributed by atoms with Crippen molar-refractivity contribution in [1.29, 1.82) is 0 Å². The van der Waals surface area contributed by atoms with E-state index in [1.165, 1.54) is 16.3 Å². The molecule has 0 bridgehead atoms. The standard InChI is InChI=1S/C17H15NO/c18-15-8-10-16(11-9-15)19-12-14-6-3-5-13-4-1-2-7-17(13)14/h1-11H,12,18H2. The van der Waals surface area contributed by atoms with Gasteiger partial charge in [-0.25, -0.2) is 0 Å². The molecule has 0 aliphatic carbocycles. The molecule has 0 aromatic heterocycles. The number of fused-ring (bicyclic) bond motifs is 1. The summed E-state index contributed by atoms with van der Waals surface area (Å²) in [6.07, 6.45) is 0. The van der Waals surface area contributed by atoms with Crippen LogP contribution >= 0.6 is 0 Å². The Morgan fingerprint density at radius 3 is 2.37 bits per heavy atom. The summed E-state index contributed by atoms with van der Waals surface area (Å²) in [7, 11) is 0. The lowest BCUT2D eigenvalue weighted by Gasteiger charge is -2.09. The van der Waals surface area contributed by atoms with Gasteiger partial charge >= 0.3 is 0 Å². The van der Waals surface area contributed by atoms with E-state index in [2.05, 4.69) is 36.4 Å². The van der Waals surface area contributed by atoms with Gasteiger partial charge in [0.15, 0.2) is 0 Å². The van der Waals surface area contributed by atoms with Crippen LogP contribution in [0, 0.1) is 0 Å². The molecule has 0 atom stereocenters. The minimum Gasteiger partial charge on any atom is -0.489 e. The average Bonchev–Trinajstić information content (AvgIpc) is 2.47. The van der Waals surface area contributed by atoms with Gasteiger partial charge in [-0.2, -0.15) is 0 Å². The molecule has 3 aromatic carbocycles. The van der Waals surface area contributed by atoms with Crippen LogP contribution in [0.3, 0.4) is 0 Å². The van der Waals surface area contributed by atoms with Crippen molar-refractivity contribution in [2.75, 3.05) is 5.73 Å². The summed E-state index contributed by atoms with van der Waals surface area (Å²) in [6.45, 7) is 0.561. The molecule has 0 radical (unpaired) electrons. The van der Waals surface area contributed by atoms with Gasteiger partial charge in [-0.15, -0.1) is 0 Å². The van der Waals surface area contributed by atoms with Gasteiger partial charge in [0.1, 0.15) is 12.4 Å². The Morgan fingerprint density at radius 2 is 1.53 bits per heavy atom. The number of ether oxygens (including phenoxy) is 1. The second-order valence-electron chi connectivity index (χ2n) is 4.50. The van der Waals surface area contributed by atoms with E-state index in [1.54, 1.807) is 0 Å². The summed E-state index contributed by atoms with van der Waals surface area (Å²) in [5.74, 6) is 0.835. The van der Waals surface area contributed by atoms with Crippen LogP contribution in [0.2, 0.25) is 0 Å². The molecule has 0 saturated heterocycles. The van der Waals surface area contributed by atoms with Gasteiger partial charge in [0.05, 0.1) is 0 Å². The lowest BCUT2D eigenvalue weighted by molar-refractivity contribution is 0.308. The van der Waals surface area contributed by atoms with E-state index in [-0.39, 0.29) is 0 Å². The van der Waals surface area contributed by atoms with Crippen molar-refractivity contribution in [2.45, 2.75) is 6.61 Å². The quantitative estimate of drug-likeness (QED) is 0.712. The molecule has 0 unspecified atom stereocenters. The van der Waals surface area contributed by atoms with Crippen molar-refractivity contribution in [3.8, 4) is 5.75 Å². The van der Waals surface area contributed by atoms with Crippen molar-refractivity contribution >= 4 is 16.5 Å². The smallest absolute Gasteiger partial charge is 0.119 e. The summed E-state index contributed by atoms with van der Waals surface area (Å²) in [5.41, 5.74) is 7.59. The first-order chi connectivity index (χ1) is 9.33. The molecule has 0 heterocycles. The van der Waals surface area contributed by atoms with Crippen LogP contribution < -0.4 is 10.5 Å². The largest absolute Gasteiger partial charge is 0.489 e. The van der Waals surface area contributed by atoms with E-state index in [0.717, 1.165) is 11.4 Å². The highest BCUT2D eigenvalue weighted by atomic mass is 16.5. The summed E-state index contributed by atoms with van der Waals surface area (Å²) in [4.78, 5) is 0. The number of benzene rings is 3. The maximum absolute atomic E-state index is 5.80. The first-order valence-corrected chi connectivity index (χ1v) is 6.28. The van der Waals surface area contributed by atoms with Crippen LogP contribution in [-0.4, -0.2) is 0 Å². The predicted molar refractivity (Wildman–Crippen MR) is 79.1 cm³/mol. The van der Waals surface area contributed by atoms with E-state index < -0.39 is 0 Å². The molecule has 0 fully saturated rings. The van der Waals surface area contributed by atoms with Gasteiger partial charge in [0.2, 0.25) is 0 Å². The minimum atomic E-state index is 0.561. The Labute approximate surface area is 112 Å². The molecule has 2 nitrogen and oxygen atoms in total. The van der Waals surface area contributed by atoms with Crippen molar-refractivity contribution in [3.05, 3.63) is 72.3 Å². The lowest BCUT2D eigenvalue weighted by Crippen LogP contribution is -1.96. The third kappa shape index (κ3) is 2.52. The molecule has 0 saturated carbocycles. The highest BCUT2D eigenvalue weighted by Crippen LogP contribution is 2.21. The summed E-state index contributed by atoms with van der Waals surface area (Å²) >= 11 is 0. The Bertz CT molecular complexity index is 684. The summed E-state index contributed by atoms with van der Waals surface area (Å²) in [5, 5.41) is 2.47. The first-order valence-electron chi connectivity index (χ1n) is 6.28. The van der Waals surface area contributed by atoms with Gasteiger partial charge in [0, 0.05) is 5.69 Å². The van der Waals surface area contributed by atoms with Gasteiger partial charge < -0.3 is 10.5 Å². The van der Waals surface area contributed by atoms with Crippen LogP contribution in [0.25, 0.3) is 10.8 Å². The fourth-order valence-corrected chi connectivity index (χ4v) is 2.14. The van der Waals surface area contributed by atoms with Crippen LogP contribution in [0.4, 0.5) is 5.69 Å². The monoisotopic (exact) mass is 249 g/mol. The van der Waals surface area contributed by atoms with Gasteiger partial charge in [-0.05, 0) is 40.6 Å². The van der Waals surface area contributed by atoms with E-state index >= 15 is 0 Å². The van der Waals surface area contributed by atoms with Gasteiger partial charge in [-0.3, -0.25) is 0 Å². The molecule has 2 N–H and O–H groups in total. The molecule has 19 heavy (non-hydrogen) atoms. The Morgan fingerprint density at radius 1 is 0.789 bits per heavy atom. The fraction of sp³-hybridized carbons (Fsp3) is 0.0588. The van der Waals surface area contributed by atoms with Crippen molar-refractivity contribution in [1.82, 2.24) is 0 Å². The zero-order valence-corrected chi connectivity index (χ0v) is 10.5. The fourth-order valence-electron chi connectivity index (χ4n) is 2.14. The number of nitrogen functional groups attached to an aromatic ring is 1. The van der Waals surface area contributed by atoms with Crippen LogP contribution in [-0.2, 0) is 6.61 Å². The topological polar surface area (TPSA) is 35.2 Å². The Kier molecular flexibility index (Phi) is 3.07. The molecule has 0 amide bonds.